The van der Waals surface area contributed by atoms with Gasteiger partial charge in [-0.25, -0.2) is 0 Å². The number of hydrogen-bond acceptors (Lipinski definition) is 4. The molecule has 2 heterocycles. The van der Waals surface area contributed by atoms with Gasteiger partial charge in [-0.05, 0) is 40.4 Å². The largest absolute Gasteiger partial charge is 0.481 e. The molecule has 2 aromatic rings. The summed E-state index contributed by atoms with van der Waals surface area (Å²) in [7, 11) is 0. The smallest absolute Gasteiger partial charge is 0.303 e. The summed E-state index contributed by atoms with van der Waals surface area (Å²) in [5.74, 6) is -0.902. The molecule has 0 aromatic carbocycles. The Kier molecular flexibility index (Phi) is 6.09. The van der Waals surface area contributed by atoms with Crippen LogP contribution >= 0.6 is 11.3 Å². The van der Waals surface area contributed by atoms with Gasteiger partial charge in [-0.2, -0.15) is 11.3 Å². The molecule has 5 nitrogen and oxygen atoms in total. The Hall–Kier alpha value is -2.21. The van der Waals surface area contributed by atoms with E-state index in [-0.39, 0.29) is 18.7 Å². The fourth-order valence-electron chi connectivity index (χ4n) is 2.10. The number of hydrogen-bond donors (Lipinski definition) is 1. The zero-order chi connectivity index (χ0) is 15.8. The first-order valence-electron chi connectivity index (χ1n) is 7.04. The molecule has 0 aliphatic rings. The molecule has 2 rings (SSSR count). The molecule has 0 fully saturated rings. The Bertz CT molecular complexity index is 599. The number of thiophene rings is 1. The van der Waals surface area contributed by atoms with Crippen molar-refractivity contribution in [3.05, 3.63) is 52.5 Å². The van der Waals surface area contributed by atoms with Crippen molar-refractivity contribution in [2.75, 3.05) is 0 Å². The predicted octanol–water partition coefficient (Wildman–Crippen LogP) is 2.93. The maximum atomic E-state index is 12.4. The van der Waals surface area contributed by atoms with Crippen molar-refractivity contribution in [3.63, 3.8) is 0 Å². The molecule has 6 heteroatoms. The number of carboxylic acid groups (broad SMARTS) is 1. The van der Waals surface area contributed by atoms with Gasteiger partial charge in [-0.15, -0.1) is 0 Å². The minimum atomic E-state index is -0.871. The molecule has 0 spiro atoms. The third-order valence-corrected chi connectivity index (χ3v) is 3.92. The lowest BCUT2D eigenvalue weighted by Gasteiger charge is -2.22. The highest BCUT2D eigenvalue weighted by Gasteiger charge is 2.15. The van der Waals surface area contributed by atoms with Crippen LogP contribution in [0.4, 0.5) is 0 Å². The number of carbonyl (C=O) groups is 2. The molecular weight excluding hydrogens is 300 g/mol. The lowest BCUT2D eigenvalue weighted by atomic mass is 10.2. The predicted molar refractivity (Wildman–Crippen MR) is 84.3 cm³/mol. The minimum Gasteiger partial charge on any atom is -0.481 e. The first-order chi connectivity index (χ1) is 10.6. The fraction of sp³-hybridized carbons (Fsp3) is 0.312. The molecule has 0 atom stereocenters. The highest BCUT2D eigenvalue weighted by atomic mass is 32.1. The first kappa shape index (κ1) is 16.2. The number of nitrogens with zero attached hydrogens (tertiary/aromatic N) is 2. The minimum absolute atomic E-state index is 0.0188. The molecule has 0 saturated carbocycles. The SMILES string of the molecule is O=C(O)CCCC(=O)N(Cc1cccnc1)Cc1ccsc1. The molecule has 0 aliphatic carbocycles. The summed E-state index contributed by atoms with van der Waals surface area (Å²) in [6.45, 7) is 1.01. The molecule has 116 valence electrons. The molecule has 1 N–H and O–H groups in total. The van der Waals surface area contributed by atoms with Crippen molar-refractivity contribution in [1.82, 2.24) is 9.88 Å². The number of amides is 1. The molecular formula is C16H18N2O3S. The van der Waals surface area contributed by atoms with Crippen LogP contribution < -0.4 is 0 Å². The van der Waals surface area contributed by atoms with Crippen LogP contribution in [0.1, 0.15) is 30.4 Å². The average molecular weight is 318 g/mol. The molecule has 0 unspecified atom stereocenters. The maximum Gasteiger partial charge on any atom is 0.303 e. The van der Waals surface area contributed by atoms with E-state index >= 15 is 0 Å². The van der Waals surface area contributed by atoms with E-state index in [1.807, 2.05) is 29.0 Å². The Morgan fingerprint density at radius 3 is 2.64 bits per heavy atom. The zero-order valence-corrected chi connectivity index (χ0v) is 13.0. The third kappa shape index (κ3) is 5.29. The van der Waals surface area contributed by atoms with Crippen molar-refractivity contribution in [2.24, 2.45) is 0 Å². The number of aliphatic carboxylic acids is 1. The van der Waals surface area contributed by atoms with Gasteiger partial charge in [-0.3, -0.25) is 14.6 Å². The third-order valence-electron chi connectivity index (χ3n) is 3.18. The van der Waals surface area contributed by atoms with E-state index in [0.29, 0.717) is 19.5 Å². The lowest BCUT2D eigenvalue weighted by Crippen LogP contribution is -2.29. The fourth-order valence-corrected chi connectivity index (χ4v) is 2.76. The second-order valence-electron chi connectivity index (χ2n) is 4.99. The van der Waals surface area contributed by atoms with Crippen LogP contribution in [-0.2, 0) is 22.7 Å². The highest BCUT2D eigenvalue weighted by Crippen LogP contribution is 2.14. The second kappa shape index (κ2) is 8.29. The number of aromatic nitrogens is 1. The average Bonchev–Trinajstić information content (AvgIpc) is 3.00. The number of carbonyl (C=O) groups excluding carboxylic acids is 1. The van der Waals surface area contributed by atoms with Gasteiger partial charge in [0.25, 0.3) is 0 Å². The molecule has 0 aliphatic heterocycles. The van der Waals surface area contributed by atoms with Crippen LogP contribution in [0.5, 0.6) is 0 Å². The van der Waals surface area contributed by atoms with E-state index in [1.165, 1.54) is 0 Å². The molecule has 2 aromatic heterocycles. The molecule has 0 radical (unpaired) electrons. The van der Waals surface area contributed by atoms with Gasteiger partial charge in [0.2, 0.25) is 5.91 Å². The van der Waals surface area contributed by atoms with Gasteiger partial charge in [0.05, 0.1) is 0 Å². The van der Waals surface area contributed by atoms with E-state index in [0.717, 1.165) is 11.1 Å². The summed E-state index contributed by atoms with van der Waals surface area (Å²) in [4.78, 5) is 28.8. The molecule has 0 saturated heterocycles. The topological polar surface area (TPSA) is 70.5 Å². The van der Waals surface area contributed by atoms with Crippen LogP contribution in [0.3, 0.4) is 0 Å². The Morgan fingerprint density at radius 2 is 2.00 bits per heavy atom. The van der Waals surface area contributed by atoms with E-state index < -0.39 is 5.97 Å². The van der Waals surface area contributed by atoms with E-state index in [2.05, 4.69) is 4.98 Å². The van der Waals surface area contributed by atoms with Crippen molar-refractivity contribution >= 4 is 23.2 Å². The van der Waals surface area contributed by atoms with Crippen molar-refractivity contribution < 1.29 is 14.7 Å². The highest BCUT2D eigenvalue weighted by molar-refractivity contribution is 7.07. The van der Waals surface area contributed by atoms with Gasteiger partial charge in [0.15, 0.2) is 0 Å². The monoisotopic (exact) mass is 318 g/mol. The summed E-state index contributed by atoms with van der Waals surface area (Å²) >= 11 is 1.59. The van der Waals surface area contributed by atoms with Crippen molar-refractivity contribution in [2.45, 2.75) is 32.4 Å². The van der Waals surface area contributed by atoms with Gasteiger partial charge in [0.1, 0.15) is 0 Å². The van der Waals surface area contributed by atoms with Crippen molar-refractivity contribution in [1.29, 1.82) is 0 Å². The van der Waals surface area contributed by atoms with Crippen LogP contribution in [0.2, 0.25) is 0 Å². The summed E-state index contributed by atoms with van der Waals surface area (Å²) in [5.41, 5.74) is 2.05. The number of carboxylic acids is 1. The molecule has 1 amide bonds. The van der Waals surface area contributed by atoms with E-state index in [9.17, 15) is 9.59 Å². The van der Waals surface area contributed by atoms with E-state index in [1.54, 1.807) is 28.6 Å². The lowest BCUT2D eigenvalue weighted by molar-refractivity contribution is -0.137. The summed E-state index contributed by atoms with van der Waals surface area (Å²) in [6.07, 6.45) is 4.06. The Labute approximate surface area is 133 Å². The van der Waals surface area contributed by atoms with E-state index in [4.69, 9.17) is 5.11 Å². The van der Waals surface area contributed by atoms with Crippen LogP contribution in [0.25, 0.3) is 0 Å². The normalized spacial score (nSPS) is 10.4. The summed E-state index contributed by atoms with van der Waals surface area (Å²) < 4.78 is 0. The first-order valence-corrected chi connectivity index (χ1v) is 7.99. The molecule has 22 heavy (non-hydrogen) atoms. The Morgan fingerprint density at radius 1 is 1.18 bits per heavy atom. The van der Waals surface area contributed by atoms with Crippen LogP contribution in [0, 0.1) is 0 Å². The van der Waals surface area contributed by atoms with Gasteiger partial charge in [0, 0.05) is 38.3 Å². The molecule has 0 bridgehead atoms. The van der Waals surface area contributed by atoms with Gasteiger partial charge < -0.3 is 10.0 Å². The standard InChI is InChI=1S/C16H18N2O3S/c19-15(4-1-5-16(20)21)18(11-14-6-8-22-12-14)10-13-3-2-7-17-9-13/h2-3,6-9,12H,1,4-5,10-11H2,(H,20,21). The second-order valence-corrected chi connectivity index (χ2v) is 5.77. The maximum absolute atomic E-state index is 12.4. The quantitative estimate of drug-likeness (QED) is 0.812. The zero-order valence-electron chi connectivity index (χ0n) is 12.1. The van der Waals surface area contributed by atoms with Crippen LogP contribution in [0.15, 0.2) is 41.4 Å². The van der Waals surface area contributed by atoms with Crippen LogP contribution in [-0.4, -0.2) is 26.9 Å². The Balaban J connectivity index is 2.00. The van der Waals surface area contributed by atoms with Crippen molar-refractivity contribution in [3.8, 4) is 0 Å². The van der Waals surface area contributed by atoms with Gasteiger partial charge in [-0.1, -0.05) is 6.07 Å². The summed E-state index contributed by atoms with van der Waals surface area (Å²) in [6, 6.07) is 5.76. The van der Waals surface area contributed by atoms with Gasteiger partial charge >= 0.3 is 5.97 Å². The summed E-state index contributed by atoms with van der Waals surface area (Å²) in [5, 5.41) is 12.7. The number of pyridine rings is 1. The number of rotatable bonds is 8.